The minimum atomic E-state index is -1.16. The van der Waals surface area contributed by atoms with E-state index in [9.17, 15) is 19.5 Å². The largest absolute Gasteiger partial charge is 0.481 e. The molecule has 1 saturated carbocycles. The molecular weight excluding hydrogens is 448 g/mol. The molecule has 0 saturated heterocycles. The molecule has 2 aliphatic carbocycles. The molecule has 0 aliphatic heterocycles. The molecule has 8 heteroatoms. The number of aliphatic hydroxyl groups is 1. The highest BCUT2D eigenvalue weighted by atomic mass is 16.5. The van der Waals surface area contributed by atoms with Gasteiger partial charge in [0.25, 0.3) is 0 Å². The minimum Gasteiger partial charge on any atom is -0.481 e. The Hall–Kier alpha value is -3.39. The molecule has 0 aromatic heterocycles. The summed E-state index contributed by atoms with van der Waals surface area (Å²) < 4.78 is 5.67. The maximum absolute atomic E-state index is 12.8. The van der Waals surface area contributed by atoms with Crippen molar-refractivity contribution in [3.63, 3.8) is 0 Å². The van der Waals surface area contributed by atoms with Crippen LogP contribution < -0.4 is 10.6 Å². The molecule has 1 fully saturated rings. The fraction of sp³-hybridized carbons (Fsp3) is 0.444. The van der Waals surface area contributed by atoms with Gasteiger partial charge >= 0.3 is 12.1 Å². The van der Waals surface area contributed by atoms with E-state index in [-0.39, 0.29) is 43.4 Å². The van der Waals surface area contributed by atoms with E-state index in [0.29, 0.717) is 0 Å². The first-order chi connectivity index (χ1) is 16.9. The molecular formula is C27H32N2O6. The summed E-state index contributed by atoms with van der Waals surface area (Å²) in [4.78, 5) is 35.9. The Morgan fingerprint density at radius 1 is 0.943 bits per heavy atom. The summed E-state index contributed by atoms with van der Waals surface area (Å²) >= 11 is 0. The predicted molar refractivity (Wildman–Crippen MR) is 130 cm³/mol. The Kier molecular flexibility index (Phi) is 8.02. The smallest absolute Gasteiger partial charge is 0.407 e. The van der Waals surface area contributed by atoms with E-state index in [2.05, 4.69) is 34.9 Å². The third-order valence-electron chi connectivity index (χ3n) is 6.97. The number of carboxylic acids is 1. The molecule has 2 aliphatic rings. The van der Waals surface area contributed by atoms with E-state index < -0.39 is 24.6 Å². The lowest BCUT2D eigenvalue weighted by Crippen LogP contribution is -2.44. The molecule has 4 rings (SSSR count). The average molecular weight is 481 g/mol. The van der Waals surface area contributed by atoms with Gasteiger partial charge in [-0.1, -0.05) is 61.4 Å². The van der Waals surface area contributed by atoms with E-state index in [0.717, 1.165) is 47.9 Å². The van der Waals surface area contributed by atoms with Gasteiger partial charge in [0, 0.05) is 24.9 Å². The highest BCUT2D eigenvalue weighted by Crippen LogP contribution is 2.44. The fourth-order valence-electron chi connectivity index (χ4n) is 5.26. The number of alkyl carbamates (subject to hydrolysis) is 1. The van der Waals surface area contributed by atoms with Crippen LogP contribution >= 0.6 is 0 Å². The maximum Gasteiger partial charge on any atom is 0.407 e. The van der Waals surface area contributed by atoms with Crippen molar-refractivity contribution in [2.24, 2.45) is 5.92 Å². The van der Waals surface area contributed by atoms with Crippen molar-refractivity contribution < 1.29 is 29.3 Å². The Morgan fingerprint density at radius 3 is 2.14 bits per heavy atom. The molecule has 2 aromatic carbocycles. The lowest BCUT2D eigenvalue weighted by atomic mass is 9.95. The molecule has 2 aromatic rings. The molecule has 8 nitrogen and oxygen atoms in total. The molecule has 0 radical (unpaired) electrons. The summed E-state index contributed by atoms with van der Waals surface area (Å²) in [6, 6.07) is 15.9. The van der Waals surface area contributed by atoms with Crippen LogP contribution in [-0.2, 0) is 14.3 Å². The Morgan fingerprint density at radius 2 is 1.54 bits per heavy atom. The van der Waals surface area contributed by atoms with Crippen LogP contribution in [0.25, 0.3) is 11.1 Å². The minimum absolute atomic E-state index is 0.0443. The number of carboxylic acid groups (broad SMARTS) is 1. The zero-order valence-corrected chi connectivity index (χ0v) is 19.6. The number of ether oxygens (including phenoxy) is 1. The number of aliphatic carboxylic acids is 1. The first kappa shape index (κ1) is 24.7. The molecule has 2 amide bonds. The third-order valence-corrected chi connectivity index (χ3v) is 6.97. The highest BCUT2D eigenvalue weighted by Gasteiger charge is 2.31. The molecule has 4 N–H and O–H groups in total. The second kappa shape index (κ2) is 11.4. The third kappa shape index (κ3) is 6.19. The number of amides is 2. The van der Waals surface area contributed by atoms with Gasteiger partial charge in [-0.15, -0.1) is 0 Å². The Balaban J connectivity index is 1.35. The summed E-state index contributed by atoms with van der Waals surface area (Å²) in [5.41, 5.74) is 4.58. The highest BCUT2D eigenvalue weighted by molar-refractivity contribution is 5.79. The van der Waals surface area contributed by atoms with Gasteiger partial charge in [0.2, 0.25) is 5.91 Å². The number of hydrogen-bond donors (Lipinski definition) is 4. The summed E-state index contributed by atoms with van der Waals surface area (Å²) in [5.74, 6) is -1.35. The number of carbonyl (C=O) groups excluding carboxylic acids is 2. The van der Waals surface area contributed by atoms with Crippen LogP contribution in [0.5, 0.6) is 0 Å². The number of carbonyl (C=O) groups is 3. The predicted octanol–water partition coefficient (Wildman–Crippen LogP) is 3.43. The SMILES string of the molecule is O=C(O)CC(O)CNC(=O)CC(NC(=O)OCC1c2ccccc2-c2ccccc21)C1CCCC1. The van der Waals surface area contributed by atoms with Crippen LogP contribution in [0.15, 0.2) is 48.5 Å². The van der Waals surface area contributed by atoms with Gasteiger partial charge in [-0.2, -0.15) is 0 Å². The lowest BCUT2D eigenvalue weighted by Gasteiger charge is -2.25. The molecule has 186 valence electrons. The molecule has 2 unspecified atom stereocenters. The number of rotatable bonds is 10. The van der Waals surface area contributed by atoms with Crippen molar-refractivity contribution in [2.45, 2.75) is 56.6 Å². The Bertz CT molecular complexity index is 1020. The van der Waals surface area contributed by atoms with Crippen LogP contribution in [0.4, 0.5) is 4.79 Å². The number of fused-ring (bicyclic) bond motifs is 3. The number of aliphatic hydroxyl groups excluding tert-OH is 1. The molecule has 2 atom stereocenters. The van der Waals surface area contributed by atoms with E-state index >= 15 is 0 Å². The summed E-state index contributed by atoms with van der Waals surface area (Å²) in [5, 5.41) is 23.9. The second-order valence-electron chi connectivity index (χ2n) is 9.38. The van der Waals surface area contributed by atoms with E-state index in [1.165, 1.54) is 0 Å². The van der Waals surface area contributed by atoms with Gasteiger partial charge in [-0.25, -0.2) is 4.79 Å². The normalized spacial score (nSPS) is 16.7. The van der Waals surface area contributed by atoms with Crippen molar-refractivity contribution in [1.82, 2.24) is 10.6 Å². The van der Waals surface area contributed by atoms with Crippen LogP contribution in [0, 0.1) is 5.92 Å². The van der Waals surface area contributed by atoms with Gasteiger partial charge in [0.1, 0.15) is 6.61 Å². The van der Waals surface area contributed by atoms with Gasteiger partial charge in [-0.05, 0) is 41.0 Å². The molecule has 0 spiro atoms. The topological polar surface area (TPSA) is 125 Å². The van der Waals surface area contributed by atoms with Gasteiger partial charge in [0.05, 0.1) is 12.5 Å². The average Bonchev–Trinajstić information content (AvgIpc) is 3.48. The van der Waals surface area contributed by atoms with Crippen molar-refractivity contribution >= 4 is 18.0 Å². The molecule has 0 bridgehead atoms. The van der Waals surface area contributed by atoms with Crippen molar-refractivity contribution in [3.8, 4) is 11.1 Å². The van der Waals surface area contributed by atoms with Crippen LogP contribution in [-0.4, -0.2) is 53.5 Å². The van der Waals surface area contributed by atoms with E-state index in [1.54, 1.807) is 0 Å². The van der Waals surface area contributed by atoms with Gasteiger partial charge < -0.3 is 25.6 Å². The van der Waals surface area contributed by atoms with Gasteiger partial charge in [0.15, 0.2) is 0 Å². The fourth-order valence-corrected chi connectivity index (χ4v) is 5.26. The zero-order chi connectivity index (χ0) is 24.8. The quantitative estimate of drug-likeness (QED) is 0.413. The number of benzene rings is 2. The van der Waals surface area contributed by atoms with Crippen molar-refractivity contribution in [2.75, 3.05) is 13.2 Å². The summed E-state index contributed by atoms with van der Waals surface area (Å²) in [6.07, 6.45) is 1.84. The van der Waals surface area contributed by atoms with Crippen LogP contribution in [0.1, 0.15) is 55.6 Å². The van der Waals surface area contributed by atoms with Crippen molar-refractivity contribution in [1.29, 1.82) is 0 Å². The van der Waals surface area contributed by atoms with Gasteiger partial charge in [-0.3, -0.25) is 9.59 Å². The number of hydrogen-bond acceptors (Lipinski definition) is 5. The van der Waals surface area contributed by atoms with E-state index in [4.69, 9.17) is 9.84 Å². The Labute approximate surface area is 204 Å². The maximum atomic E-state index is 12.8. The molecule has 0 heterocycles. The standard InChI is InChI=1S/C27H32N2O6/c30-18(13-26(32)33)15-28-25(31)14-24(17-7-1-2-8-17)29-27(34)35-16-23-21-11-5-3-9-19(21)20-10-4-6-12-22(20)23/h3-6,9-12,17-18,23-24,30H,1-2,7-8,13-16H2,(H,28,31)(H,29,34)(H,32,33). The summed E-state index contributed by atoms with van der Waals surface area (Å²) in [7, 11) is 0. The van der Waals surface area contributed by atoms with Crippen LogP contribution in [0.2, 0.25) is 0 Å². The lowest BCUT2D eigenvalue weighted by molar-refractivity contribution is -0.139. The first-order valence-corrected chi connectivity index (χ1v) is 12.2. The summed E-state index contributed by atoms with van der Waals surface area (Å²) in [6.45, 7) is 0.0539. The van der Waals surface area contributed by atoms with Crippen molar-refractivity contribution in [3.05, 3.63) is 59.7 Å². The second-order valence-corrected chi connectivity index (χ2v) is 9.38. The number of nitrogens with one attached hydrogen (secondary N) is 2. The zero-order valence-electron chi connectivity index (χ0n) is 19.6. The van der Waals surface area contributed by atoms with Crippen LogP contribution in [0.3, 0.4) is 0 Å². The monoisotopic (exact) mass is 480 g/mol. The molecule has 35 heavy (non-hydrogen) atoms. The first-order valence-electron chi connectivity index (χ1n) is 12.2. The van der Waals surface area contributed by atoms with E-state index in [1.807, 2.05) is 24.3 Å².